The summed E-state index contributed by atoms with van der Waals surface area (Å²) in [5.41, 5.74) is 0. The van der Waals surface area contributed by atoms with E-state index in [4.69, 9.17) is 21.4 Å². The van der Waals surface area contributed by atoms with Crippen molar-refractivity contribution in [3.8, 4) is 5.75 Å². The van der Waals surface area contributed by atoms with Gasteiger partial charge in [0.05, 0.1) is 0 Å². The van der Waals surface area contributed by atoms with Gasteiger partial charge in [0.25, 0.3) is 0 Å². The van der Waals surface area contributed by atoms with E-state index in [1.807, 2.05) is 0 Å². The molecule has 0 aliphatic carbocycles. The molecule has 0 atom stereocenters. The number of rotatable bonds is 5. The van der Waals surface area contributed by atoms with E-state index >= 15 is 0 Å². The van der Waals surface area contributed by atoms with E-state index in [0.717, 1.165) is 4.90 Å². The summed E-state index contributed by atoms with van der Waals surface area (Å²) in [6.45, 7) is -1.79. The number of carbonyl (C=O) groups is 1. The van der Waals surface area contributed by atoms with Crippen molar-refractivity contribution >= 4 is 23.4 Å². The molecule has 9 heteroatoms. The first-order valence-corrected chi connectivity index (χ1v) is 5.36. The van der Waals surface area contributed by atoms with E-state index in [9.17, 15) is 18.0 Å². The van der Waals surface area contributed by atoms with Crippen LogP contribution >= 0.6 is 11.6 Å². The predicted octanol–water partition coefficient (Wildman–Crippen LogP) is 2.20. The van der Waals surface area contributed by atoms with Crippen LogP contribution < -0.4 is 9.64 Å². The van der Waals surface area contributed by atoms with Gasteiger partial charge in [-0.2, -0.15) is 13.2 Å². The number of aromatic nitrogens is 1. The molecule has 1 N–H and O–H groups in total. The lowest BCUT2D eigenvalue weighted by molar-refractivity contribution is -0.139. The van der Waals surface area contributed by atoms with Crippen molar-refractivity contribution in [3.05, 3.63) is 17.3 Å². The first-order chi connectivity index (χ1) is 8.69. The quantitative estimate of drug-likeness (QED) is 0.844. The highest BCUT2D eigenvalue weighted by atomic mass is 35.5. The summed E-state index contributed by atoms with van der Waals surface area (Å²) < 4.78 is 41.4. The van der Waals surface area contributed by atoms with Crippen LogP contribution in [-0.4, -0.2) is 42.4 Å². The Hall–Kier alpha value is -1.70. The number of aliphatic carboxylic acids is 1. The van der Waals surface area contributed by atoms with E-state index < -0.39 is 25.3 Å². The SMILES string of the molecule is CN(CC(F)(F)F)c1ccc(OCC(=O)O)c(Cl)n1. The molecule has 0 unspecified atom stereocenters. The van der Waals surface area contributed by atoms with Gasteiger partial charge in [-0.05, 0) is 12.1 Å². The van der Waals surface area contributed by atoms with Crippen LogP contribution in [0.2, 0.25) is 5.15 Å². The average Bonchev–Trinajstić information content (AvgIpc) is 2.24. The van der Waals surface area contributed by atoms with Gasteiger partial charge in [0.1, 0.15) is 12.4 Å². The van der Waals surface area contributed by atoms with Crippen LogP contribution in [0.5, 0.6) is 5.75 Å². The minimum atomic E-state index is -4.36. The third-order valence-electron chi connectivity index (χ3n) is 1.96. The fourth-order valence-electron chi connectivity index (χ4n) is 1.22. The summed E-state index contributed by atoms with van der Waals surface area (Å²) in [6.07, 6.45) is -4.36. The van der Waals surface area contributed by atoms with Gasteiger partial charge in [0, 0.05) is 7.05 Å². The molecular weight excluding hydrogens is 289 g/mol. The number of carboxylic acid groups (broad SMARTS) is 1. The van der Waals surface area contributed by atoms with Crippen LogP contribution in [0.4, 0.5) is 19.0 Å². The standard InChI is InChI=1S/C10H10ClF3N2O3/c1-16(5-10(12,13)14)7-3-2-6(9(11)15-7)19-4-8(17)18/h2-3H,4-5H2,1H3,(H,17,18). The van der Waals surface area contributed by atoms with E-state index in [0.29, 0.717) is 0 Å². The molecule has 5 nitrogen and oxygen atoms in total. The third kappa shape index (κ3) is 5.21. The number of halogens is 4. The number of anilines is 1. The summed E-state index contributed by atoms with van der Waals surface area (Å²) in [6, 6.07) is 2.52. The van der Waals surface area contributed by atoms with Crippen LogP contribution in [0.3, 0.4) is 0 Å². The van der Waals surface area contributed by atoms with Crippen molar-refractivity contribution in [3.63, 3.8) is 0 Å². The molecule has 0 spiro atoms. The molecule has 0 fully saturated rings. The van der Waals surface area contributed by atoms with Crippen molar-refractivity contribution in [2.75, 3.05) is 25.1 Å². The number of nitrogens with zero attached hydrogens (tertiary/aromatic N) is 2. The topological polar surface area (TPSA) is 62.7 Å². The Kier molecular flexibility index (Phi) is 4.82. The average molecular weight is 299 g/mol. The first-order valence-electron chi connectivity index (χ1n) is 4.98. The van der Waals surface area contributed by atoms with Crippen molar-refractivity contribution in [2.45, 2.75) is 6.18 Å². The van der Waals surface area contributed by atoms with Crippen LogP contribution in [0.25, 0.3) is 0 Å². The number of alkyl halides is 3. The zero-order valence-electron chi connectivity index (χ0n) is 9.74. The maximum absolute atomic E-state index is 12.2. The number of carboxylic acids is 1. The molecule has 0 bridgehead atoms. The molecule has 1 aromatic heterocycles. The van der Waals surface area contributed by atoms with Crippen molar-refractivity contribution in [1.29, 1.82) is 0 Å². The molecule has 1 heterocycles. The van der Waals surface area contributed by atoms with E-state index in [-0.39, 0.29) is 16.7 Å². The maximum Gasteiger partial charge on any atom is 0.405 e. The first kappa shape index (κ1) is 15.4. The number of pyridine rings is 1. The normalized spacial score (nSPS) is 11.2. The maximum atomic E-state index is 12.2. The minimum absolute atomic E-state index is 0.00463. The fourth-order valence-corrected chi connectivity index (χ4v) is 1.43. The van der Waals surface area contributed by atoms with Crippen molar-refractivity contribution in [2.24, 2.45) is 0 Å². The van der Waals surface area contributed by atoms with Crippen LogP contribution in [0, 0.1) is 0 Å². The lowest BCUT2D eigenvalue weighted by Gasteiger charge is -2.20. The second kappa shape index (κ2) is 5.96. The monoisotopic (exact) mass is 298 g/mol. The van der Waals surface area contributed by atoms with Gasteiger partial charge >= 0.3 is 12.1 Å². The molecule has 106 valence electrons. The summed E-state index contributed by atoms with van der Waals surface area (Å²) in [4.78, 5) is 14.9. The molecule has 0 saturated carbocycles. The smallest absolute Gasteiger partial charge is 0.405 e. The van der Waals surface area contributed by atoms with Gasteiger partial charge in [-0.3, -0.25) is 0 Å². The highest BCUT2D eigenvalue weighted by Crippen LogP contribution is 2.26. The Bertz CT molecular complexity index is 468. The second-order valence-corrected chi connectivity index (χ2v) is 3.97. The Morgan fingerprint density at radius 2 is 2.16 bits per heavy atom. The summed E-state index contributed by atoms with van der Waals surface area (Å²) in [7, 11) is 1.21. The molecule has 0 radical (unpaired) electrons. The lowest BCUT2D eigenvalue weighted by Crippen LogP contribution is -2.31. The molecule has 0 amide bonds. The third-order valence-corrected chi connectivity index (χ3v) is 2.23. The Morgan fingerprint density at radius 1 is 1.53 bits per heavy atom. The van der Waals surface area contributed by atoms with Crippen LogP contribution in [0.1, 0.15) is 0 Å². The molecule has 1 rings (SSSR count). The Balaban J connectivity index is 2.78. The van der Waals surface area contributed by atoms with Gasteiger partial charge < -0.3 is 14.7 Å². The van der Waals surface area contributed by atoms with Crippen LogP contribution in [-0.2, 0) is 4.79 Å². The molecule has 0 aliphatic heterocycles. The van der Waals surface area contributed by atoms with Gasteiger partial charge in [-0.1, -0.05) is 11.6 Å². The Morgan fingerprint density at radius 3 is 2.63 bits per heavy atom. The summed E-state index contributed by atoms with van der Waals surface area (Å²) in [5.74, 6) is -1.20. The highest BCUT2D eigenvalue weighted by Gasteiger charge is 2.30. The largest absolute Gasteiger partial charge is 0.479 e. The van der Waals surface area contributed by atoms with Gasteiger partial charge in [0.15, 0.2) is 17.5 Å². The van der Waals surface area contributed by atoms with Gasteiger partial charge in [-0.25, -0.2) is 9.78 Å². The number of hydrogen-bond donors (Lipinski definition) is 1. The van der Waals surface area contributed by atoms with Gasteiger partial charge in [-0.15, -0.1) is 0 Å². The van der Waals surface area contributed by atoms with Crippen LogP contribution in [0.15, 0.2) is 12.1 Å². The van der Waals surface area contributed by atoms with E-state index in [2.05, 4.69) is 4.98 Å². The van der Waals surface area contributed by atoms with Gasteiger partial charge in [0.2, 0.25) is 0 Å². The highest BCUT2D eigenvalue weighted by molar-refractivity contribution is 6.30. The molecule has 0 aliphatic rings. The molecule has 0 saturated heterocycles. The Labute approximate surface area is 111 Å². The summed E-state index contributed by atoms with van der Waals surface area (Å²) in [5, 5.41) is 8.21. The lowest BCUT2D eigenvalue weighted by atomic mass is 10.4. The number of hydrogen-bond acceptors (Lipinski definition) is 4. The van der Waals surface area contributed by atoms with Crippen molar-refractivity contribution in [1.82, 2.24) is 4.98 Å². The second-order valence-electron chi connectivity index (χ2n) is 3.61. The summed E-state index contributed by atoms with van der Waals surface area (Å²) >= 11 is 5.69. The molecule has 1 aromatic rings. The zero-order chi connectivity index (χ0) is 14.6. The van der Waals surface area contributed by atoms with E-state index in [1.165, 1.54) is 19.2 Å². The number of ether oxygens (including phenoxy) is 1. The van der Waals surface area contributed by atoms with E-state index in [1.54, 1.807) is 0 Å². The molecule has 0 aromatic carbocycles. The fraction of sp³-hybridized carbons (Fsp3) is 0.400. The predicted molar refractivity (Wildman–Crippen MR) is 61.7 cm³/mol. The zero-order valence-corrected chi connectivity index (χ0v) is 10.5. The molecule has 19 heavy (non-hydrogen) atoms. The molecular formula is C10H10ClF3N2O3. The minimum Gasteiger partial charge on any atom is -0.479 e. The van der Waals surface area contributed by atoms with Crippen molar-refractivity contribution < 1.29 is 27.8 Å².